The van der Waals surface area contributed by atoms with Crippen molar-refractivity contribution in [2.45, 2.75) is 41.1 Å². The Balaban J connectivity index is 2.48. The Labute approximate surface area is 102 Å². The molecule has 1 aliphatic carbocycles. The molecule has 0 aromatic heterocycles. The molecule has 0 unspecified atom stereocenters. The van der Waals surface area contributed by atoms with Gasteiger partial charge in [0.15, 0.2) is 0 Å². The van der Waals surface area contributed by atoms with Crippen LogP contribution < -0.4 is 5.32 Å². The molecule has 0 radical (unpaired) electrons. The molecule has 1 saturated heterocycles. The normalized spacial score (nSPS) is 40.9. The van der Waals surface area contributed by atoms with Crippen LogP contribution in [0.5, 0.6) is 0 Å². The lowest BCUT2D eigenvalue weighted by atomic mass is 9.82. The molecule has 0 aromatic rings. The molecule has 4 atom stereocenters. The lowest BCUT2D eigenvalue weighted by molar-refractivity contribution is -0.794. The quantitative estimate of drug-likeness (QED) is 0.521. The predicted octanol–water partition coefficient (Wildman–Crippen LogP) is 2.03. The van der Waals surface area contributed by atoms with Gasteiger partial charge in [-0.1, -0.05) is 0 Å². The molecule has 100 valence electrons. The number of rotatable bonds is 0. The number of hydrogen-bond donors (Lipinski definition) is 1. The molecule has 2 N–H and O–H groups in total. The summed E-state index contributed by atoms with van der Waals surface area (Å²) in [6, 6.07) is -1.05. The Bertz CT molecular complexity index is 313. The molecule has 1 nitrogen and oxygen atoms in total. The van der Waals surface area contributed by atoms with E-state index in [2.05, 4.69) is 0 Å². The zero-order chi connectivity index (χ0) is 13.2. The number of nitrogens with two attached hydrogens (primary N) is 1. The Morgan fingerprint density at radius 1 is 1.00 bits per heavy atom. The molecule has 1 heterocycles. The van der Waals surface area contributed by atoms with E-state index in [9.17, 15) is 26.3 Å². The van der Waals surface area contributed by atoms with Gasteiger partial charge in [0, 0.05) is 0 Å². The second-order valence-electron chi connectivity index (χ2n) is 4.41. The Hall–Kier alpha value is 0.120. The number of fused-ring (bicyclic) bond motifs is 2. The first-order valence-electron chi connectivity index (χ1n) is 4.80. The summed E-state index contributed by atoms with van der Waals surface area (Å²) in [4.78, 5) is 0. The van der Waals surface area contributed by atoms with Crippen LogP contribution >= 0.6 is 23.2 Å². The minimum atomic E-state index is -5.39. The van der Waals surface area contributed by atoms with Crippen LogP contribution in [0.2, 0.25) is 0 Å². The van der Waals surface area contributed by atoms with E-state index in [0.29, 0.717) is 0 Å². The van der Waals surface area contributed by atoms with Crippen molar-refractivity contribution < 1.29 is 31.7 Å². The highest BCUT2D eigenvalue weighted by Crippen LogP contribution is 2.55. The summed E-state index contributed by atoms with van der Waals surface area (Å²) < 4.78 is 76.9. The number of alkyl halides is 8. The van der Waals surface area contributed by atoms with Crippen LogP contribution in [-0.4, -0.2) is 34.7 Å². The third kappa shape index (κ3) is 1.58. The van der Waals surface area contributed by atoms with Crippen molar-refractivity contribution in [1.82, 2.24) is 0 Å². The van der Waals surface area contributed by atoms with Crippen LogP contribution in [0.25, 0.3) is 0 Å². The van der Waals surface area contributed by atoms with Crippen LogP contribution in [0.4, 0.5) is 26.3 Å². The summed E-state index contributed by atoms with van der Waals surface area (Å²) >= 11 is 11.3. The second-order valence-corrected chi connectivity index (χ2v) is 5.48. The molecular weight excluding hydrogens is 295 g/mol. The average Bonchev–Trinajstić information content (AvgIpc) is 2.53. The fourth-order valence-corrected chi connectivity index (χ4v) is 3.87. The fraction of sp³-hybridized carbons (Fsp3) is 1.00. The monoisotopic (exact) mass is 302 g/mol. The molecule has 9 heteroatoms. The van der Waals surface area contributed by atoms with Gasteiger partial charge in [0.2, 0.25) is 0 Å². The van der Waals surface area contributed by atoms with Gasteiger partial charge < -0.3 is 5.32 Å². The van der Waals surface area contributed by atoms with Gasteiger partial charge in [-0.3, -0.25) is 0 Å². The lowest BCUT2D eigenvalue weighted by Crippen LogP contribution is -3.07. The third-order valence-corrected chi connectivity index (χ3v) is 4.69. The molecule has 2 rings (SSSR count). The van der Waals surface area contributed by atoms with E-state index in [-0.39, 0.29) is 11.7 Å². The highest BCUT2D eigenvalue weighted by Gasteiger charge is 2.85. The molecule has 1 aliphatic heterocycles. The molecule has 0 amide bonds. The molecule has 2 fully saturated rings. The number of piperidine rings is 1. The lowest BCUT2D eigenvalue weighted by Gasteiger charge is -2.38. The van der Waals surface area contributed by atoms with Crippen molar-refractivity contribution in [2.24, 2.45) is 5.92 Å². The minimum absolute atomic E-state index is 0.260. The first-order valence-corrected chi connectivity index (χ1v) is 5.67. The van der Waals surface area contributed by atoms with E-state index < -0.39 is 40.6 Å². The summed E-state index contributed by atoms with van der Waals surface area (Å²) in [7, 11) is 0. The fourth-order valence-electron chi connectivity index (χ4n) is 2.83. The van der Waals surface area contributed by atoms with Gasteiger partial charge in [0.1, 0.15) is 6.04 Å². The van der Waals surface area contributed by atoms with Crippen molar-refractivity contribution in [3.63, 3.8) is 0 Å². The maximum Gasteiger partial charge on any atom is 0.454 e. The summed E-state index contributed by atoms with van der Waals surface area (Å²) in [5.74, 6) is -1.73. The molecule has 2 aliphatic rings. The van der Waals surface area contributed by atoms with E-state index >= 15 is 0 Å². The summed E-state index contributed by atoms with van der Waals surface area (Å²) in [6.07, 6.45) is -11.2. The maximum absolute atomic E-state index is 12.8. The van der Waals surface area contributed by atoms with Gasteiger partial charge in [-0.05, 0) is 6.42 Å². The Kier molecular flexibility index (Phi) is 2.85. The van der Waals surface area contributed by atoms with Crippen LogP contribution in [0.1, 0.15) is 6.42 Å². The standard InChI is InChI=1S/C8H7Cl2F6N/c9-3-1-2-4(10)5(3)17-6(2,7(11,12)13)8(14,15)16/h2-5,17H,1H2/p+1/t2-,3+,4+,5+/m0/s1. The maximum atomic E-state index is 12.8. The van der Waals surface area contributed by atoms with Crippen LogP contribution in [0, 0.1) is 5.92 Å². The van der Waals surface area contributed by atoms with Gasteiger partial charge >= 0.3 is 12.4 Å². The second kappa shape index (κ2) is 3.57. The van der Waals surface area contributed by atoms with Crippen LogP contribution in [0.3, 0.4) is 0 Å². The van der Waals surface area contributed by atoms with Gasteiger partial charge in [-0.15, -0.1) is 23.2 Å². The molecule has 0 spiro atoms. The minimum Gasteiger partial charge on any atom is -0.321 e. The number of hydrogen-bond acceptors (Lipinski definition) is 0. The molecular formula is C8H8Cl2F6N+. The van der Waals surface area contributed by atoms with Crippen molar-refractivity contribution in [2.75, 3.05) is 0 Å². The van der Waals surface area contributed by atoms with Gasteiger partial charge in [0.25, 0.3) is 5.54 Å². The van der Waals surface area contributed by atoms with E-state index in [4.69, 9.17) is 23.2 Å². The van der Waals surface area contributed by atoms with Crippen molar-refractivity contribution >= 4 is 23.2 Å². The van der Waals surface area contributed by atoms with E-state index in [1.54, 1.807) is 0 Å². The zero-order valence-electron chi connectivity index (χ0n) is 8.12. The Morgan fingerprint density at radius 3 is 1.71 bits per heavy atom. The summed E-state index contributed by atoms with van der Waals surface area (Å²) in [5, 5.41) is -1.70. The van der Waals surface area contributed by atoms with Gasteiger partial charge in [0.05, 0.1) is 16.7 Å². The average molecular weight is 303 g/mol. The zero-order valence-corrected chi connectivity index (χ0v) is 9.63. The van der Waals surface area contributed by atoms with E-state index in [1.807, 2.05) is 0 Å². The highest BCUT2D eigenvalue weighted by atomic mass is 35.5. The SMILES string of the molecule is FC(F)(F)C1(C(F)(F)F)[NH2+][C@H]2[C@H](Cl)[C@@H]1C[C@H]2Cl. The van der Waals surface area contributed by atoms with Crippen molar-refractivity contribution in [3.05, 3.63) is 0 Å². The molecule has 1 saturated carbocycles. The van der Waals surface area contributed by atoms with Crippen LogP contribution in [0.15, 0.2) is 0 Å². The van der Waals surface area contributed by atoms with Gasteiger partial charge in [-0.2, -0.15) is 26.3 Å². The molecule has 0 aromatic carbocycles. The third-order valence-electron chi connectivity index (χ3n) is 3.63. The molecule has 17 heavy (non-hydrogen) atoms. The first kappa shape index (κ1) is 13.5. The van der Waals surface area contributed by atoms with E-state index in [0.717, 1.165) is 0 Å². The van der Waals surface area contributed by atoms with Crippen molar-refractivity contribution in [3.8, 4) is 0 Å². The van der Waals surface area contributed by atoms with Crippen molar-refractivity contribution in [1.29, 1.82) is 0 Å². The highest BCUT2D eigenvalue weighted by molar-refractivity contribution is 6.25. The smallest absolute Gasteiger partial charge is 0.321 e. The number of quaternary nitrogens is 1. The van der Waals surface area contributed by atoms with Crippen LogP contribution in [-0.2, 0) is 0 Å². The largest absolute Gasteiger partial charge is 0.454 e. The summed E-state index contributed by atoms with van der Waals surface area (Å²) in [6.45, 7) is 0. The van der Waals surface area contributed by atoms with E-state index in [1.165, 1.54) is 0 Å². The summed E-state index contributed by atoms with van der Waals surface area (Å²) in [5.41, 5.74) is -3.80. The Morgan fingerprint density at radius 2 is 1.47 bits per heavy atom. The predicted molar refractivity (Wildman–Crippen MR) is 47.9 cm³/mol. The molecule has 2 bridgehead atoms. The first-order chi connectivity index (χ1) is 7.52. The van der Waals surface area contributed by atoms with Gasteiger partial charge in [-0.25, -0.2) is 0 Å². The number of halogens is 8. The topological polar surface area (TPSA) is 16.6 Å².